The lowest BCUT2D eigenvalue weighted by Crippen LogP contribution is -2.12. The largest absolute Gasteiger partial charge is 0.348 e. The first-order valence-corrected chi connectivity index (χ1v) is 4.42. The second-order valence-corrected chi connectivity index (χ2v) is 4.28. The van der Waals surface area contributed by atoms with Gasteiger partial charge < -0.3 is 0 Å². The van der Waals surface area contributed by atoms with E-state index in [1.54, 1.807) is 4.52 Å². The van der Waals surface area contributed by atoms with Crippen molar-refractivity contribution in [3.05, 3.63) is 28.6 Å². The normalized spacial score (nSPS) is 12.2. The van der Waals surface area contributed by atoms with Gasteiger partial charge in [-0.2, -0.15) is 10.1 Å². The lowest BCUT2D eigenvalue weighted by atomic mass is 9.93. The summed E-state index contributed by atoms with van der Waals surface area (Å²) in [6.07, 6.45) is 1.42. The van der Waals surface area contributed by atoms with Crippen LogP contribution in [0.15, 0.2) is 17.2 Å². The average Bonchev–Trinajstić information content (AvgIpc) is 2.45. The number of hydrogen-bond acceptors (Lipinski definition) is 3. The van der Waals surface area contributed by atoms with E-state index in [1.165, 1.54) is 6.33 Å². The van der Waals surface area contributed by atoms with E-state index >= 15 is 0 Å². The molecule has 0 aliphatic rings. The Hall–Kier alpha value is -1.65. The fraction of sp³-hybridized carbons (Fsp3) is 0.444. The number of fused-ring (bicyclic) bond motifs is 1. The highest BCUT2D eigenvalue weighted by Crippen LogP contribution is 2.20. The van der Waals surface area contributed by atoms with Gasteiger partial charge in [0.2, 0.25) is 0 Å². The lowest BCUT2D eigenvalue weighted by molar-refractivity contribution is 0.562. The third-order valence-corrected chi connectivity index (χ3v) is 2.02. The Kier molecular flexibility index (Phi) is 1.70. The van der Waals surface area contributed by atoms with Crippen molar-refractivity contribution >= 4 is 5.65 Å². The van der Waals surface area contributed by atoms with Crippen molar-refractivity contribution in [2.24, 2.45) is 0 Å². The molecule has 0 bridgehead atoms. The van der Waals surface area contributed by atoms with Crippen molar-refractivity contribution in [2.45, 2.75) is 26.2 Å². The highest BCUT2D eigenvalue weighted by Gasteiger charge is 2.17. The van der Waals surface area contributed by atoms with Crippen LogP contribution >= 0.6 is 0 Å². The number of nitrogens with zero attached hydrogens (tertiary/aromatic N) is 3. The summed E-state index contributed by atoms with van der Waals surface area (Å²) in [5, 5.41) is 4.31. The van der Waals surface area contributed by atoms with Crippen LogP contribution in [-0.4, -0.2) is 19.6 Å². The third kappa shape index (κ3) is 1.41. The Balaban J connectivity index is 2.69. The van der Waals surface area contributed by atoms with Gasteiger partial charge in [0.25, 0.3) is 0 Å². The van der Waals surface area contributed by atoms with Crippen LogP contribution in [0, 0.1) is 0 Å². The van der Waals surface area contributed by atoms with Crippen molar-refractivity contribution in [1.82, 2.24) is 19.6 Å². The topological polar surface area (TPSA) is 63.0 Å². The summed E-state index contributed by atoms with van der Waals surface area (Å²) < 4.78 is 1.57. The molecule has 2 rings (SSSR count). The minimum atomic E-state index is -0.349. The molecule has 2 aromatic rings. The third-order valence-electron chi connectivity index (χ3n) is 2.02. The average molecular weight is 192 g/mol. The predicted octanol–water partition coefficient (Wildman–Crippen LogP) is 0.715. The number of nitrogens with one attached hydrogen (secondary N) is 1. The van der Waals surface area contributed by atoms with Crippen molar-refractivity contribution in [3.8, 4) is 0 Å². The van der Waals surface area contributed by atoms with Crippen LogP contribution in [0.4, 0.5) is 0 Å². The zero-order valence-electron chi connectivity index (χ0n) is 8.40. The zero-order valence-corrected chi connectivity index (χ0v) is 8.40. The summed E-state index contributed by atoms with van der Waals surface area (Å²) in [4.78, 5) is 17.1. The Bertz CT molecular complexity index is 517. The van der Waals surface area contributed by atoms with Gasteiger partial charge in [0, 0.05) is 11.5 Å². The maximum Gasteiger partial charge on any atom is 0.348 e. The van der Waals surface area contributed by atoms with E-state index in [1.807, 2.05) is 6.07 Å². The highest BCUT2D eigenvalue weighted by atomic mass is 16.1. The van der Waals surface area contributed by atoms with Gasteiger partial charge in [-0.25, -0.2) is 9.31 Å². The SMILES string of the molecule is CC(C)(C)c1cc2[nH]c(=O)ncn2n1. The molecule has 14 heavy (non-hydrogen) atoms. The molecular weight excluding hydrogens is 180 g/mol. The van der Waals surface area contributed by atoms with Gasteiger partial charge in [0.1, 0.15) is 12.0 Å². The van der Waals surface area contributed by atoms with Crippen LogP contribution in [0.5, 0.6) is 0 Å². The van der Waals surface area contributed by atoms with Gasteiger partial charge in [-0.3, -0.25) is 4.98 Å². The van der Waals surface area contributed by atoms with Crippen LogP contribution in [0.25, 0.3) is 5.65 Å². The fourth-order valence-corrected chi connectivity index (χ4v) is 1.19. The number of rotatable bonds is 0. The molecule has 2 aromatic heterocycles. The molecule has 0 spiro atoms. The van der Waals surface area contributed by atoms with Gasteiger partial charge in [-0.1, -0.05) is 20.8 Å². The van der Waals surface area contributed by atoms with Gasteiger partial charge in [-0.05, 0) is 0 Å². The summed E-state index contributed by atoms with van der Waals surface area (Å²) in [6, 6.07) is 1.86. The standard InChI is InChI=1S/C9H12N4O/c1-9(2,3)6-4-7-11-8(14)10-5-13(7)12-6/h4-5H,1-3H3,(H,11,14). The smallest absolute Gasteiger partial charge is 0.290 e. The maximum absolute atomic E-state index is 10.9. The molecule has 0 aromatic carbocycles. The Labute approximate surface area is 80.8 Å². The summed E-state index contributed by atoms with van der Waals surface area (Å²) in [7, 11) is 0. The van der Waals surface area contributed by atoms with E-state index in [4.69, 9.17) is 0 Å². The molecule has 0 saturated heterocycles. The molecule has 0 unspecified atom stereocenters. The van der Waals surface area contributed by atoms with Gasteiger partial charge in [-0.15, -0.1) is 0 Å². The van der Waals surface area contributed by atoms with Gasteiger partial charge >= 0.3 is 5.69 Å². The molecule has 1 N–H and O–H groups in total. The summed E-state index contributed by atoms with van der Waals surface area (Å²) in [6.45, 7) is 6.21. The maximum atomic E-state index is 10.9. The highest BCUT2D eigenvalue weighted by molar-refractivity contribution is 5.39. The van der Waals surface area contributed by atoms with Crippen molar-refractivity contribution in [2.75, 3.05) is 0 Å². The monoisotopic (exact) mass is 192 g/mol. The summed E-state index contributed by atoms with van der Waals surface area (Å²) in [5.74, 6) is 0. The first-order valence-electron chi connectivity index (χ1n) is 4.42. The summed E-state index contributed by atoms with van der Waals surface area (Å²) >= 11 is 0. The Morgan fingerprint density at radius 2 is 2.14 bits per heavy atom. The van der Waals surface area contributed by atoms with E-state index < -0.39 is 0 Å². The second kappa shape index (κ2) is 2.67. The molecule has 5 nitrogen and oxygen atoms in total. The van der Waals surface area contributed by atoms with E-state index in [9.17, 15) is 4.79 Å². The van der Waals surface area contributed by atoms with Crippen LogP contribution in [0.3, 0.4) is 0 Å². The molecule has 0 aliphatic heterocycles. The molecule has 74 valence electrons. The molecule has 2 heterocycles. The molecule has 0 aliphatic carbocycles. The molecule has 0 atom stereocenters. The Morgan fingerprint density at radius 3 is 2.79 bits per heavy atom. The minimum absolute atomic E-state index is 0.0249. The van der Waals surface area contributed by atoms with Crippen molar-refractivity contribution in [1.29, 1.82) is 0 Å². The van der Waals surface area contributed by atoms with E-state index in [2.05, 4.69) is 35.8 Å². The Morgan fingerprint density at radius 1 is 1.43 bits per heavy atom. The minimum Gasteiger partial charge on any atom is -0.290 e. The molecule has 5 heteroatoms. The van der Waals surface area contributed by atoms with E-state index in [0.29, 0.717) is 5.65 Å². The molecule has 0 saturated carbocycles. The van der Waals surface area contributed by atoms with Crippen molar-refractivity contribution < 1.29 is 0 Å². The van der Waals surface area contributed by atoms with Crippen molar-refractivity contribution in [3.63, 3.8) is 0 Å². The first-order chi connectivity index (χ1) is 6.47. The fourth-order valence-electron chi connectivity index (χ4n) is 1.19. The van der Waals surface area contributed by atoms with Crippen LogP contribution < -0.4 is 5.69 Å². The number of aromatic nitrogens is 4. The molecule has 0 amide bonds. The predicted molar refractivity (Wildman–Crippen MR) is 52.3 cm³/mol. The lowest BCUT2D eigenvalue weighted by Gasteiger charge is -2.13. The number of hydrogen-bond donors (Lipinski definition) is 1. The quantitative estimate of drug-likeness (QED) is 0.668. The van der Waals surface area contributed by atoms with E-state index in [0.717, 1.165) is 5.69 Å². The van der Waals surface area contributed by atoms with Crippen LogP contribution in [0.2, 0.25) is 0 Å². The zero-order chi connectivity index (χ0) is 10.3. The van der Waals surface area contributed by atoms with Crippen LogP contribution in [-0.2, 0) is 5.41 Å². The molecular formula is C9H12N4O. The molecule has 0 fully saturated rings. The second-order valence-electron chi connectivity index (χ2n) is 4.28. The first kappa shape index (κ1) is 8.93. The number of H-pyrrole nitrogens is 1. The summed E-state index contributed by atoms with van der Waals surface area (Å²) in [5.41, 5.74) is 1.23. The van der Waals surface area contributed by atoms with Gasteiger partial charge in [0.15, 0.2) is 0 Å². The number of aromatic amines is 1. The molecule has 0 radical (unpaired) electrons. The van der Waals surface area contributed by atoms with Crippen LogP contribution in [0.1, 0.15) is 26.5 Å². The van der Waals surface area contributed by atoms with Gasteiger partial charge in [0.05, 0.1) is 5.69 Å². The van der Waals surface area contributed by atoms with E-state index in [-0.39, 0.29) is 11.1 Å².